The summed E-state index contributed by atoms with van der Waals surface area (Å²) in [5.74, 6) is 0.961. The van der Waals surface area contributed by atoms with Gasteiger partial charge >= 0.3 is 0 Å². The topological polar surface area (TPSA) is 30.7 Å². The van der Waals surface area contributed by atoms with Gasteiger partial charge in [-0.15, -0.1) is 10.2 Å². The minimum Gasteiger partial charge on any atom is -0.269 e. The summed E-state index contributed by atoms with van der Waals surface area (Å²) in [4.78, 5) is 0. The fourth-order valence-corrected chi connectivity index (χ4v) is 1.96. The normalized spacial score (nSPS) is 15.4. The zero-order valence-corrected chi connectivity index (χ0v) is 9.15. The molecule has 5 heteroatoms. The Morgan fingerprint density at radius 2 is 2.12 bits per heavy atom. The third-order valence-corrected chi connectivity index (χ3v) is 2.90. The first-order valence-corrected chi connectivity index (χ1v) is 5.50. The van der Waals surface area contributed by atoms with Crippen LogP contribution in [0.5, 0.6) is 0 Å². The van der Waals surface area contributed by atoms with Gasteiger partial charge in [0.15, 0.2) is 0 Å². The first kappa shape index (κ1) is 9.78. The maximum atomic E-state index is 13.1. The predicted octanol–water partition coefficient (Wildman–Crippen LogP) is 2.94. The molecule has 0 spiro atoms. The van der Waals surface area contributed by atoms with Crippen molar-refractivity contribution in [3.8, 4) is 5.69 Å². The Hall–Kier alpha value is -1.42. The molecule has 0 aliphatic heterocycles. The van der Waals surface area contributed by atoms with Gasteiger partial charge in [0, 0.05) is 5.92 Å². The standard InChI is InChI=1S/C11H9ClFN3/c12-11-15-14-10(7-4-5-7)16(11)9-3-1-2-8(13)6-9/h1-3,6-7H,4-5H2. The molecule has 0 N–H and O–H groups in total. The van der Waals surface area contributed by atoms with Crippen molar-refractivity contribution in [2.75, 3.05) is 0 Å². The SMILES string of the molecule is Fc1cccc(-n2c(Cl)nnc2C2CC2)c1. The van der Waals surface area contributed by atoms with Gasteiger partial charge in [-0.05, 0) is 42.6 Å². The quantitative estimate of drug-likeness (QED) is 0.804. The van der Waals surface area contributed by atoms with Crippen LogP contribution < -0.4 is 0 Å². The van der Waals surface area contributed by atoms with Gasteiger partial charge in [-0.3, -0.25) is 4.57 Å². The molecule has 0 amide bonds. The number of rotatable bonds is 2. The highest BCUT2D eigenvalue weighted by molar-refractivity contribution is 6.28. The molecule has 1 aromatic heterocycles. The third-order valence-electron chi connectivity index (χ3n) is 2.66. The van der Waals surface area contributed by atoms with Crippen molar-refractivity contribution >= 4 is 11.6 Å². The van der Waals surface area contributed by atoms with Gasteiger partial charge in [0.05, 0.1) is 5.69 Å². The highest BCUT2D eigenvalue weighted by atomic mass is 35.5. The minimum absolute atomic E-state index is 0.285. The van der Waals surface area contributed by atoms with Gasteiger partial charge in [-0.25, -0.2) is 4.39 Å². The first-order chi connectivity index (χ1) is 7.75. The Kier molecular flexibility index (Phi) is 2.17. The third kappa shape index (κ3) is 1.59. The van der Waals surface area contributed by atoms with Crippen LogP contribution in [0.4, 0.5) is 4.39 Å². The van der Waals surface area contributed by atoms with E-state index in [0.29, 0.717) is 11.6 Å². The van der Waals surface area contributed by atoms with Crippen LogP contribution in [-0.2, 0) is 0 Å². The fourth-order valence-electron chi connectivity index (χ4n) is 1.74. The monoisotopic (exact) mass is 237 g/mol. The van der Waals surface area contributed by atoms with Crippen LogP contribution in [0, 0.1) is 5.82 Å². The molecule has 0 unspecified atom stereocenters. The fraction of sp³-hybridized carbons (Fsp3) is 0.273. The molecule has 2 aromatic rings. The van der Waals surface area contributed by atoms with E-state index in [2.05, 4.69) is 10.2 Å². The van der Waals surface area contributed by atoms with E-state index in [4.69, 9.17) is 11.6 Å². The molecule has 1 fully saturated rings. The second kappa shape index (κ2) is 3.56. The molecular weight excluding hydrogens is 229 g/mol. The van der Waals surface area contributed by atoms with E-state index < -0.39 is 0 Å². The second-order valence-corrected chi connectivity index (χ2v) is 4.25. The van der Waals surface area contributed by atoms with Gasteiger partial charge in [0.1, 0.15) is 11.6 Å². The Labute approximate surface area is 96.9 Å². The average molecular weight is 238 g/mol. The molecule has 0 atom stereocenters. The van der Waals surface area contributed by atoms with Crippen molar-refractivity contribution in [1.82, 2.24) is 14.8 Å². The van der Waals surface area contributed by atoms with E-state index in [1.165, 1.54) is 12.1 Å². The summed E-state index contributed by atoms with van der Waals surface area (Å²) < 4.78 is 14.9. The van der Waals surface area contributed by atoms with Crippen molar-refractivity contribution in [2.45, 2.75) is 18.8 Å². The van der Waals surface area contributed by atoms with Crippen LogP contribution in [0.25, 0.3) is 5.69 Å². The number of hydrogen-bond donors (Lipinski definition) is 0. The molecule has 82 valence electrons. The van der Waals surface area contributed by atoms with Crippen molar-refractivity contribution in [1.29, 1.82) is 0 Å². The van der Waals surface area contributed by atoms with E-state index in [0.717, 1.165) is 18.7 Å². The predicted molar refractivity (Wildman–Crippen MR) is 58.3 cm³/mol. The number of aromatic nitrogens is 3. The van der Waals surface area contributed by atoms with Crippen molar-refractivity contribution in [2.24, 2.45) is 0 Å². The Morgan fingerprint density at radius 1 is 1.31 bits per heavy atom. The van der Waals surface area contributed by atoms with Crippen LogP contribution in [0.15, 0.2) is 24.3 Å². The minimum atomic E-state index is -0.288. The lowest BCUT2D eigenvalue weighted by atomic mass is 10.3. The van der Waals surface area contributed by atoms with Crippen LogP contribution in [0.2, 0.25) is 5.28 Å². The Bertz CT molecular complexity index is 534. The van der Waals surface area contributed by atoms with Gasteiger partial charge in [0.25, 0.3) is 0 Å². The smallest absolute Gasteiger partial charge is 0.229 e. The summed E-state index contributed by atoms with van der Waals surface area (Å²) in [6.07, 6.45) is 2.20. The first-order valence-electron chi connectivity index (χ1n) is 5.12. The highest BCUT2D eigenvalue weighted by Crippen LogP contribution is 2.40. The summed E-state index contributed by atoms with van der Waals surface area (Å²) in [5.41, 5.74) is 0.678. The second-order valence-electron chi connectivity index (χ2n) is 3.92. The van der Waals surface area contributed by atoms with Gasteiger partial charge in [-0.1, -0.05) is 6.07 Å². The summed E-state index contributed by atoms with van der Waals surface area (Å²) in [5, 5.41) is 8.17. The summed E-state index contributed by atoms with van der Waals surface area (Å²) >= 11 is 5.97. The van der Waals surface area contributed by atoms with Gasteiger partial charge in [-0.2, -0.15) is 0 Å². The van der Waals surface area contributed by atoms with E-state index in [9.17, 15) is 4.39 Å². The molecule has 16 heavy (non-hydrogen) atoms. The number of benzene rings is 1. The zero-order chi connectivity index (χ0) is 11.1. The van der Waals surface area contributed by atoms with E-state index in [1.807, 2.05) is 0 Å². The molecule has 1 saturated carbocycles. The lowest BCUT2D eigenvalue weighted by molar-refractivity contribution is 0.626. The molecule has 0 bridgehead atoms. The maximum absolute atomic E-state index is 13.1. The largest absolute Gasteiger partial charge is 0.269 e. The van der Waals surface area contributed by atoms with E-state index >= 15 is 0 Å². The van der Waals surface area contributed by atoms with Crippen molar-refractivity contribution in [3.05, 3.63) is 41.2 Å². The zero-order valence-electron chi connectivity index (χ0n) is 8.40. The molecule has 1 heterocycles. The van der Waals surface area contributed by atoms with Crippen LogP contribution in [0.1, 0.15) is 24.6 Å². The summed E-state index contributed by atoms with van der Waals surface area (Å²) in [6, 6.07) is 6.28. The molecule has 3 nitrogen and oxygen atoms in total. The Morgan fingerprint density at radius 3 is 2.81 bits per heavy atom. The summed E-state index contributed by atoms with van der Waals surface area (Å²) in [7, 11) is 0. The number of hydrogen-bond acceptors (Lipinski definition) is 2. The molecule has 1 aromatic carbocycles. The van der Waals surface area contributed by atoms with Crippen LogP contribution in [-0.4, -0.2) is 14.8 Å². The molecule has 1 aliphatic carbocycles. The number of nitrogens with zero attached hydrogens (tertiary/aromatic N) is 3. The Balaban J connectivity index is 2.14. The van der Waals surface area contributed by atoms with Crippen LogP contribution >= 0.6 is 11.6 Å². The van der Waals surface area contributed by atoms with Crippen molar-refractivity contribution < 1.29 is 4.39 Å². The summed E-state index contributed by atoms with van der Waals surface area (Å²) in [6.45, 7) is 0. The van der Waals surface area contributed by atoms with E-state index in [-0.39, 0.29) is 11.1 Å². The molecular formula is C11H9ClFN3. The van der Waals surface area contributed by atoms with Crippen LogP contribution in [0.3, 0.4) is 0 Å². The molecule has 0 radical (unpaired) electrons. The van der Waals surface area contributed by atoms with Gasteiger partial charge in [0.2, 0.25) is 5.28 Å². The maximum Gasteiger partial charge on any atom is 0.229 e. The molecule has 1 aliphatic rings. The highest BCUT2D eigenvalue weighted by Gasteiger charge is 2.30. The van der Waals surface area contributed by atoms with E-state index in [1.54, 1.807) is 16.7 Å². The van der Waals surface area contributed by atoms with Gasteiger partial charge < -0.3 is 0 Å². The molecule has 3 rings (SSSR count). The number of halogens is 2. The lowest BCUT2D eigenvalue weighted by Gasteiger charge is -2.06. The molecule has 0 saturated heterocycles. The lowest BCUT2D eigenvalue weighted by Crippen LogP contribution is -2.00. The average Bonchev–Trinajstić information content (AvgIpc) is 3.02. The van der Waals surface area contributed by atoms with Crippen molar-refractivity contribution in [3.63, 3.8) is 0 Å².